The van der Waals surface area contributed by atoms with Crippen LogP contribution >= 0.6 is 15.9 Å². The van der Waals surface area contributed by atoms with Gasteiger partial charge in [0.05, 0.1) is 17.2 Å². The molecule has 0 bridgehead atoms. The maximum atomic E-state index is 12.6. The van der Waals surface area contributed by atoms with Gasteiger partial charge in [-0.15, -0.1) is 0 Å². The van der Waals surface area contributed by atoms with Crippen LogP contribution in [0.1, 0.15) is 28.9 Å². The molecule has 2 N–H and O–H groups in total. The van der Waals surface area contributed by atoms with Gasteiger partial charge in [-0.2, -0.15) is 0 Å². The van der Waals surface area contributed by atoms with Gasteiger partial charge in [0.15, 0.2) is 11.5 Å². The molecule has 26 heavy (non-hydrogen) atoms. The summed E-state index contributed by atoms with van der Waals surface area (Å²) < 4.78 is 0.834. The third-order valence-electron chi connectivity index (χ3n) is 4.17. The number of hydrogen-bond acceptors (Lipinski definition) is 4. The third kappa shape index (κ3) is 3.01. The Kier molecular flexibility index (Phi) is 4.65. The van der Waals surface area contributed by atoms with Crippen molar-refractivity contribution >= 4 is 39.3 Å². The highest BCUT2D eigenvalue weighted by molar-refractivity contribution is 9.10. The molecule has 0 aromatic heterocycles. The molecule has 1 amide bonds. The number of aromatic carboxylic acids is 1. The van der Waals surface area contributed by atoms with Crippen molar-refractivity contribution < 1.29 is 24.6 Å². The number of nitrogens with zero attached hydrogens (tertiary/aromatic N) is 1. The lowest BCUT2D eigenvalue weighted by Gasteiger charge is -2.26. The minimum Gasteiger partial charge on any atom is -0.503 e. The number of carbonyl (C=O) groups excluding carboxylic acids is 2. The Morgan fingerprint density at radius 3 is 2.12 bits per heavy atom. The van der Waals surface area contributed by atoms with E-state index in [4.69, 9.17) is 5.11 Å². The van der Waals surface area contributed by atoms with Gasteiger partial charge < -0.3 is 10.2 Å². The number of anilines is 1. The van der Waals surface area contributed by atoms with E-state index >= 15 is 0 Å². The number of carboxylic acids is 1. The number of carbonyl (C=O) groups is 3. The summed E-state index contributed by atoms with van der Waals surface area (Å²) in [7, 11) is 0. The zero-order valence-corrected chi connectivity index (χ0v) is 15.2. The molecule has 1 atom stereocenters. The van der Waals surface area contributed by atoms with Gasteiger partial charge in [-0.3, -0.25) is 14.5 Å². The molecule has 2 aromatic carbocycles. The molecule has 6 nitrogen and oxygen atoms in total. The van der Waals surface area contributed by atoms with Crippen LogP contribution < -0.4 is 4.90 Å². The van der Waals surface area contributed by atoms with Crippen molar-refractivity contribution in [3.8, 4) is 0 Å². The molecule has 0 spiro atoms. The van der Waals surface area contributed by atoms with Crippen LogP contribution in [-0.2, 0) is 9.59 Å². The highest BCUT2D eigenvalue weighted by Gasteiger charge is 2.43. The van der Waals surface area contributed by atoms with Crippen LogP contribution in [0, 0.1) is 0 Å². The van der Waals surface area contributed by atoms with E-state index in [1.807, 2.05) is 0 Å². The molecule has 0 radical (unpaired) electrons. The first-order valence-electron chi connectivity index (χ1n) is 7.67. The van der Waals surface area contributed by atoms with Crippen molar-refractivity contribution in [3.05, 3.63) is 75.5 Å². The number of halogens is 1. The van der Waals surface area contributed by atoms with E-state index in [-0.39, 0.29) is 11.1 Å². The maximum absolute atomic E-state index is 12.6. The van der Waals surface area contributed by atoms with E-state index in [0.29, 0.717) is 11.3 Å². The van der Waals surface area contributed by atoms with Gasteiger partial charge >= 0.3 is 5.97 Å². The molecule has 7 heteroatoms. The summed E-state index contributed by atoms with van der Waals surface area (Å²) in [5.41, 5.74) is 1.12. The van der Waals surface area contributed by atoms with Crippen LogP contribution in [-0.4, -0.2) is 27.9 Å². The van der Waals surface area contributed by atoms with Crippen molar-refractivity contribution in [1.82, 2.24) is 0 Å². The predicted molar refractivity (Wildman–Crippen MR) is 98.1 cm³/mol. The van der Waals surface area contributed by atoms with Gasteiger partial charge in [-0.25, -0.2) is 4.79 Å². The van der Waals surface area contributed by atoms with Crippen molar-refractivity contribution in [2.45, 2.75) is 13.0 Å². The first-order valence-corrected chi connectivity index (χ1v) is 8.47. The Bertz CT molecular complexity index is 931. The average molecular weight is 416 g/mol. The van der Waals surface area contributed by atoms with Gasteiger partial charge in [0.1, 0.15) is 0 Å². The zero-order chi connectivity index (χ0) is 19.0. The van der Waals surface area contributed by atoms with E-state index in [1.54, 1.807) is 24.3 Å². The summed E-state index contributed by atoms with van der Waals surface area (Å²) in [6.07, 6.45) is 0. The maximum Gasteiger partial charge on any atom is 0.335 e. The normalized spacial score (nSPS) is 16.9. The molecule has 0 aliphatic carbocycles. The molecule has 0 saturated heterocycles. The summed E-state index contributed by atoms with van der Waals surface area (Å²) in [6, 6.07) is 12.0. The Labute approximate surface area is 157 Å². The van der Waals surface area contributed by atoms with Crippen LogP contribution in [0.15, 0.2) is 64.3 Å². The smallest absolute Gasteiger partial charge is 0.335 e. The molecule has 1 unspecified atom stereocenters. The predicted octanol–water partition coefficient (Wildman–Crippen LogP) is 3.64. The van der Waals surface area contributed by atoms with Gasteiger partial charge in [0, 0.05) is 10.2 Å². The zero-order valence-electron chi connectivity index (χ0n) is 13.6. The molecule has 1 aliphatic heterocycles. The molecule has 132 valence electrons. The molecule has 0 fully saturated rings. The summed E-state index contributed by atoms with van der Waals surface area (Å²) in [5.74, 6) is -2.79. The van der Waals surface area contributed by atoms with Crippen molar-refractivity contribution in [2.24, 2.45) is 0 Å². The van der Waals surface area contributed by atoms with E-state index in [9.17, 15) is 19.5 Å². The van der Waals surface area contributed by atoms with Crippen molar-refractivity contribution in [2.75, 3.05) is 4.90 Å². The van der Waals surface area contributed by atoms with E-state index < -0.39 is 29.5 Å². The Morgan fingerprint density at radius 1 is 1.04 bits per heavy atom. The second-order valence-corrected chi connectivity index (χ2v) is 6.72. The van der Waals surface area contributed by atoms with Crippen molar-refractivity contribution in [3.63, 3.8) is 0 Å². The standard InChI is InChI=1S/C19H14BrNO5/c1-10(22)15-16(11-2-6-13(20)7-3-11)21(18(24)17(15)23)14-8-4-12(5-9-14)19(25)26/h2-9,16,23H,1H3,(H,25,26). The lowest BCUT2D eigenvalue weighted by molar-refractivity contribution is -0.117. The number of ketones is 1. The number of benzene rings is 2. The Balaban J connectivity index is 2.13. The first-order chi connectivity index (χ1) is 12.3. The van der Waals surface area contributed by atoms with Gasteiger partial charge in [-0.1, -0.05) is 28.1 Å². The molecule has 1 heterocycles. The number of rotatable bonds is 4. The van der Waals surface area contributed by atoms with Gasteiger partial charge in [-0.05, 0) is 48.9 Å². The number of aliphatic hydroxyl groups is 1. The highest BCUT2D eigenvalue weighted by Crippen LogP contribution is 2.41. The quantitative estimate of drug-likeness (QED) is 0.794. The fourth-order valence-electron chi connectivity index (χ4n) is 2.96. The highest BCUT2D eigenvalue weighted by atomic mass is 79.9. The second kappa shape index (κ2) is 6.76. The molecule has 2 aromatic rings. The van der Waals surface area contributed by atoms with Crippen LogP contribution in [0.4, 0.5) is 5.69 Å². The fourth-order valence-corrected chi connectivity index (χ4v) is 3.22. The average Bonchev–Trinajstić information content (AvgIpc) is 2.87. The number of carboxylic acid groups (broad SMARTS) is 1. The lowest BCUT2D eigenvalue weighted by atomic mass is 9.96. The third-order valence-corrected chi connectivity index (χ3v) is 4.69. The number of hydrogen-bond donors (Lipinski definition) is 2. The van der Waals surface area contributed by atoms with Crippen LogP contribution in [0.3, 0.4) is 0 Å². The number of amides is 1. The summed E-state index contributed by atoms with van der Waals surface area (Å²) in [4.78, 5) is 37.0. The molecular formula is C19H14BrNO5. The fraction of sp³-hybridized carbons (Fsp3) is 0.105. The largest absolute Gasteiger partial charge is 0.503 e. The number of Topliss-reactive ketones (excluding diaryl/α,β-unsaturated/α-hetero) is 1. The monoisotopic (exact) mass is 415 g/mol. The molecule has 3 rings (SSSR count). The lowest BCUT2D eigenvalue weighted by Crippen LogP contribution is -2.30. The molecule has 1 aliphatic rings. The SMILES string of the molecule is CC(=O)C1=C(O)C(=O)N(c2ccc(C(=O)O)cc2)C1c1ccc(Br)cc1. The topological polar surface area (TPSA) is 94.9 Å². The van der Waals surface area contributed by atoms with Crippen LogP contribution in [0.2, 0.25) is 0 Å². The number of aliphatic hydroxyl groups excluding tert-OH is 1. The first kappa shape index (κ1) is 17.9. The summed E-state index contributed by atoms with van der Waals surface area (Å²) in [6.45, 7) is 1.29. The Morgan fingerprint density at radius 2 is 1.62 bits per heavy atom. The summed E-state index contributed by atoms with van der Waals surface area (Å²) >= 11 is 3.34. The van der Waals surface area contributed by atoms with Crippen molar-refractivity contribution in [1.29, 1.82) is 0 Å². The second-order valence-electron chi connectivity index (χ2n) is 5.80. The van der Waals surface area contributed by atoms with Crippen LogP contribution in [0.25, 0.3) is 0 Å². The van der Waals surface area contributed by atoms with Gasteiger partial charge in [0.25, 0.3) is 5.91 Å². The van der Waals surface area contributed by atoms with Crippen LogP contribution in [0.5, 0.6) is 0 Å². The minimum absolute atomic E-state index is 0.0135. The van der Waals surface area contributed by atoms with E-state index in [2.05, 4.69) is 15.9 Å². The minimum atomic E-state index is -1.08. The molecule has 0 saturated carbocycles. The molecular weight excluding hydrogens is 402 g/mol. The van der Waals surface area contributed by atoms with Gasteiger partial charge in [0.2, 0.25) is 0 Å². The van der Waals surface area contributed by atoms with E-state index in [1.165, 1.54) is 36.1 Å². The van der Waals surface area contributed by atoms with E-state index in [0.717, 1.165) is 4.47 Å². The summed E-state index contributed by atoms with van der Waals surface area (Å²) in [5, 5.41) is 19.3. The Hall–Kier alpha value is -2.93.